The fourth-order valence-corrected chi connectivity index (χ4v) is 0.683. The second-order valence-electron chi connectivity index (χ2n) is 3.48. The molecule has 0 radical (unpaired) electrons. The van der Waals surface area contributed by atoms with E-state index in [1.54, 1.807) is 13.0 Å². The van der Waals surface area contributed by atoms with Gasteiger partial charge in [0, 0.05) is 0 Å². The summed E-state index contributed by atoms with van der Waals surface area (Å²) in [6.07, 6.45) is 7.82. The number of ether oxygens (including phenoxy) is 1. The molecule has 0 saturated carbocycles. The smallest absolute Gasteiger partial charge is 0.339 e. The van der Waals surface area contributed by atoms with Gasteiger partial charge in [-0.25, -0.2) is 4.79 Å². The summed E-state index contributed by atoms with van der Waals surface area (Å²) in [5.41, 5.74) is -1.83. The highest BCUT2D eigenvalue weighted by atomic mass is 16.5. The zero-order valence-corrected chi connectivity index (χ0v) is 9.60. The molecule has 17 heavy (non-hydrogen) atoms. The van der Waals surface area contributed by atoms with Crippen molar-refractivity contribution in [3.8, 4) is 18.4 Å². The monoisotopic (exact) mass is 235 g/mol. The van der Waals surface area contributed by atoms with Crippen LogP contribution in [0.5, 0.6) is 0 Å². The van der Waals surface area contributed by atoms with E-state index in [2.05, 4.69) is 5.92 Å². The number of aliphatic carboxylic acids is 1. The minimum Gasteiger partial charge on any atom is -0.495 e. The van der Waals surface area contributed by atoms with Crippen LogP contribution in [0.15, 0.2) is 23.5 Å². The molecular formula is C12H13NO4. The average molecular weight is 235 g/mol. The minimum atomic E-state index is -1.96. The van der Waals surface area contributed by atoms with Crippen molar-refractivity contribution < 1.29 is 19.7 Å². The maximum atomic E-state index is 10.6. The molecule has 90 valence electrons. The summed E-state index contributed by atoms with van der Waals surface area (Å²) in [6.45, 7) is 2.29. The third kappa shape index (κ3) is 5.41. The maximum Gasteiger partial charge on any atom is 0.339 e. The molecule has 0 aromatic carbocycles. The van der Waals surface area contributed by atoms with E-state index in [9.17, 15) is 9.90 Å². The molecule has 0 fully saturated rings. The van der Waals surface area contributed by atoms with Crippen molar-refractivity contribution in [3.63, 3.8) is 0 Å². The van der Waals surface area contributed by atoms with E-state index in [-0.39, 0.29) is 5.57 Å². The number of nitrogens with zero attached hydrogens (tertiary/aromatic N) is 1. The normalized spacial score (nSPS) is 15.4. The second kappa shape index (κ2) is 6.37. The summed E-state index contributed by atoms with van der Waals surface area (Å²) < 4.78 is 5.02. The van der Waals surface area contributed by atoms with Crippen LogP contribution >= 0.6 is 0 Å². The Hall–Kier alpha value is -2.24. The van der Waals surface area contributed by atoms with E-state index < -0.39 is 18.2 Å². The van der Waals surface area contributed by atoms with Crippen LogP contribution in [-0.4, -0.2) is 28.4 Å². The zero-order valence-electron chi connectivity index (χ0n) is 9.60. The summed E-state index contributed by atoms with van der Waals surface area (Å²) in [5, 5.41) is 26.5. The van der Waals surface area contributed by atoms with Crippen LogP contribution in [0.25, 0.3) is 0 Å². The molecule has 2 N–H and O–H groups in total. The molecule has 0 aromatic rings. The highest BCUT2D eigenvalue weighted by Gasteiger charge is 2.30. The van der Waals surface area contributed by atoms with Gasteiger partial charge >= 0.3 is 5.97 Å². The Morgan fingerprint density at radius 1 is 1.59 bits per heavy atom. The minimum absolute atomic E-state index is 0.123. The van der Waals surface area contributed by atoms with E-state index in [0.29, 0.717) is 5.76 Å². The lowest BCUT2D eigenvalue weighted by Crippen LogP contribution is -2.39. The number of hydrogen-bond donors (Lipinski definition) is 2. The Kier molecular flexibility index (Phi) is 5.53. The molecule has 0 amide bonds. The summed E-state index contributed by atoms with van der Waals surface area (Å²) in [6, 6.07) is 1.78. The van der Waals surface area contributed by atoms with Gasteiger partial charge in [-0.1, -0.05) is 5.92 Å². The number of carbonyl (C=O) groups is 1. The highest BCUT2D eigenvalue weighted by molar-refractivity contribution is 5.76. The van der Waals surface area contributed by atoms with Crippen molar-refractivity contribution in [2.24, 2.45) is 0 Å². The molecule has 0 heterocycles. The van der Waals surface area contributed by atoms with E-state index in [1.807, 2.05) is 0 Å². The topological polar surface area (TPSA) is 90.5 Å². The summed E-state index contributed by atoms with van der Waals surface area (Å²) in [7, 11) is 0. The second-order valence-corrected chi connectivity index (χ2v) is 3.48. The van der Waals surface area contributed by atoms with E-state index in [4.69, 9.17) is 21.5 Å². The van der Waals surface area contributed by atoms with Crippen molar-refractivity contribution in [1.82, 2.24) is 0 Å². The van der Waals surface area contributed by atoms with Gasteiger partial charge in [0.05, 0.1) is 5.76 Å². The molecule has 5 heteroatoms. The first-order chi connectivity index (χ1) is 7.83. The summed E-state index contributed by atoms with van der Waals surface area (Å²) in [4.78, 5) is 10.6. The largest absolute Gasteiger partial charge is 0.495 e. The third-order valence-electron chi connectivity index (χ3n) is 1.80. The van der Waals surface area contributed by atoms with Crippen molar-refractivity contribution in [1.29, 1.82) is 5.26 Å². The first-order valence-corrected chi connectivity index (χ1v) is 4.67. The number of hydrogen-bond acceptors (Lipinski definition) is 4. The molecule has 0 aliphatic rings. The summed E-state index contributed by atoms with van der Waals surface area (Å²) in [5.74, 6) is 1.12. The van der Waals surface area contributed by atoms with Gasteiger partial charge in [-0.2, -0.15) is 5.26 Å². The van der Waals surface area contributed by atoms with Crippen molar-refractivity contribution in [2.75, 3.05) is 6.61 Å². The molecule has 1 atom stereocenters. The third-order valence-corrected chi connectivity index (χ3v) is 1.80. The molecule has 0 aliphatic heterocycles. The number of carboxylic acid groups (broad SMARTS) is 1. The van der Waals surface area contributed by atoms with Crippen molar-refractivity contribution in [2.45, 2.75) is 19.4 Å². The number of allylic oxidation sites excluding steroid dienone is 4. The maximum absolute atomic E-state index is 10.6. The number of nitriles is 1. The van der Waals surface area contributed by atoms with Crippen molar-refractivity contribution >= 4 is 5.97 Å². The lowest BCUT2D eigenvalue weighted by Gasteiger charge is -2.18. The lowest BCUT2D eigenvalue weighted by molar-refractivity contribution is -0.161. The van der Waals surface area contributed by atoms with Gasteiger partial charge in [0.2, 0.25) is 0 Å². The fourth-order valence-electron chi connectivity index (χ4n) is 0.683. The number of carboxylic acids is 1. The molecular weight excluding hydrogens is 222 g/mol. The van der Waals surface area contributed by atoms with Crippen LogP contribution in [0.4, 0.5) is 0 Å². The van der Waals surface area contributed by atoms with Gasteiger partial charge in [0.1, 0.15) is 18.2 Å². The molecule has 0 bridgehead atoms. The van der Waals surface area contributed by atoms with Crippen LogP contribution in [0.3, 0.4) is 0 Å². The van der Waals surface area contributed by atoms with Crippen molar-refractivity contribution in [3.05, 3.63) is 23.5 Å². The lowest BCUT2D eigenvalue weighted by atomic mass is 10.1. The zero-order chi connectivity index (χ0) is 13.5. The van der Waals surface area contributed by atoms with E-state index in [0.717, 1.165) is 6.92 Å². The molecule has 0 rings (SSSR count). The highest BCUT2D eigenvalue weighted by Crippen LogP contribution is 2.08. The van der Waals surface area contributed by atoms with Gasteiger partial charge in [-0.3, -0.25) is 0 Å². The fraction of sp³-hybridized carbons (Fsp3) is 0.333. The van der Waals surface area contributed by atoms with Crippen LogP contribution in [0.1, 0.15) is 13.8 Å². The van der Waals surface area contributed by atoms with Crippen LogP contribution < -0.4 is 0 Å². The number of rotatable bonds is 5. The van der Waals surface area contributed by atoms with Gasteiger partial charge in [-0.05, 0) is 26.0 Å². The molecule has 1 unspecified atom stereocenters. The van der Waals surface area contributed by atoms with Crippen LogP contribution in [-0.2, 0) is 9.53 Å². The Labute approximate surface area is 99.6 Å². The Bertz CT molecular complexity index is 416. The molecule has 0 saturated heterocycles. The SMILES string of the molecule is C#C/C(C#N)=C\C=C(/C)OCC(C)(O)C(=O)O. The van der Waals surface area contributed by atoms with Crippen LogP contribution in [0, 0.1) is 23.7 Å². The molecule has 0 spiro atoms. The van der Waals surface area contributed by atoms with Gasteiger partial charge in [0.25, 0.3) is 0 Å². The average Bonchev–Trinajstić information content (AvgIpc) is 2.27. The van der Waals surface area contributed by atoms with Gasteiger partial charge in [-0.15, -0.1) is 6.42 Å². The number of terminal acetylenes is 1. The molecule has 0 aromatic heterocycles. The van der Waals surface area contributed by atoms with Gasteiger partial charge < -0.3 is 14.9 Å². The predicted octanol–water partition coefficient (Wildman–Crippen LogP) is 0.826. The Morgan fingerprint density at radius 2 is 2.18 bits per heavy atom. The Balaban J connectivity index is 4.50. The summed E-state index contributed by atoms with van der Waals surface area (Å²) >= 11 is 0. The number of aliphatic hydroxyl groups is 1. The van der Waals surface area contributed by atoms with Gasteiger partial charge in [0.15, 0.2) is 5.60 Å². The van der Waals surface area contributed by atoms with E-state index in [1.165, 1.54) is 12.2 Å². The predicted molar refractivity (Wildman–Crippen MR) is 60.5 cm³/mol. The quantitative estimate of drug-likeness (QED) is 0.319. The van der Waals surface area contributed by atoms with E-state index >= 15 is 0 Å². The Morgan fingerprint density at radius 3 is 2.59 bits per heavy atom. The first-order valence-electron chi connectivity index (χ1n) is 4.67. The molecule has 0 aliphatic carbocycles. The van der Waals surface area contributed by atoms with Crippen LogP contribution in [0.2, 0.25) is 0 Å². The standard InChI is InChI=1S/C12H13NO4/c1-4-10(7-13)6-5-9(2)17-8-12(3,16)11(14)15/h1,5-6,16H,8H2,2-3H3,(H,14,15)/b9-5+,10-6+. The first kappa shape index (κ1) is 14.8. The molecule has 5 nitrogen and oxygen atoms in total.